The molecule has 108 valence electrons. The minimum Gasteiger partial charge on any atom is -0.369 e. The van der Waals surface area contributed by atoms with Crippen LogP contribution in [0.1, 0.15) is 37.0 Å². The average molecular weight is 276 g/mol. The largest absolute Gasteiger partial charge is 0.369 e. The van der Waals surface area contributed by atoms with Crippen molar-refractivity contribution in [3.63, 3.8) is 0 Å². The van der Waals surface area contributed by atoms with Gasteiger partial charge < -0.3 is 15.4 Å². The maximum absolute atomic E-state index is 12.1. The van der Waals surface area contributed by atoms with Gasteiger partial charge in [0.25, 0.3) is 5.91 Å². The van der Waals surface area contributed by atoms with E-state index in [9.17, 15) is 9.59 Å². The van der Waals surface area contributed by atoms with Crippen LogP contribution in [0.15, 0.2) is 24.3 Å². The molecule has 0 atom stereocenters. The van der Waals surface area contributed by atoms with E-state index in [0.29, 0.717) is 11.3 Å². The van der Waals surface area contributed by atoms with Crippen molar-refractivity contribution in [1.82, 2.24) is 5.32 Å². The quantitative estimate of drug-likeness (QED) is 0.834. The van der Waals surface area contributed by atoms with Crippen LogP contribution in [-0.2, 0) is 9.53 Å². The summed E-state index contributed by atoms with van der Waals surface area (Å²) in [7, 11) is 0. The number of amides is 2. The molecule has 1 fully saturated rings. The topological polar surface area (TPSA) is 67.4 Å². The summed E-state index contributed by atoms with van der Waals surface area (Å²) >= 11 is 0. The molecule has 1 aromatic carbocycles. The molecule has 2 amide bonds. The molecule has 1 saturated carbocycles. The first-order valence-electron chi connectivity index (χ1n) is 6.87. The monoisotopic (exact) mass is 276 g/mol. The Kier molecular flexibility index (Phi) is 4.74. The van der Waals surface area contributed by atoms with E-state index < -0.39 is 0 Å². The molecule has 5 heteroatoms. The zero-order valence-electron chi connectivity index (χ0n) is 11.8. The van der Waals surface area contributed by atoms with Crippen LogP contribution >= 0.6 is 0 Å². The Hall–Kier alpha value is -1.88. The number of hydrogen-bond donors (Lipinski definition) is 2. The van der Waals surface area contributed by atoms with Crippen molar-refractivity contribution in [3.8, 4) is 0 Å². The predicted molar refractivity (Wildman–Crippen MR) is 76.6 cm³/mol. The third kappa shape index (κ3) is 4.35. The Morgan fingerprint density at radius 1 is 1.30 bits per heavy atom. The fourth-order valence-corrected chi connectivity index (χ4v) is 1.71. The van der Waals surface area contributed by atoms with E-state index in [1.54, 1.807) is 24.3 Å². The van der Waals surface area contributed by atoms with Gasteiger partial charge in [-0.3, -0.25) is 9.59 Å². The summed E-state index contributed by atoms with van der Waals surface area (Å²) in [6.07, 6.45) is 2.06. The molecule has 0 saturated heterocycles. The number of ether oxygens (including phenoxy) is 1. The molecule has 0 unspecified atom stereocenters. The summed E-state index contributed by atoms with van der Waals surface area (Å²) in [5, 5.41) is 5.63. The minimum atomic E-state index is -0.259. The molecular weight excluding hydrogens is 256 g/mol. The van der Waals surface area contributed by atoms with Crippen molar-refractivity contribution in [3.05, 3.63) is 29.8 Å². The number of nitrogens with one attached hydrogen (secondary N) is 2. The second-order valence-electron chi connectivity index (χ2n) is 5.20. The molecule has 20 heavy (non-hydrogen) atoms. The second-order valence-corrected chi connectivity index (χ2v) is 5.20. The third-order valence-corrected chi connectivity index (χ3v) is 2.91. The van der Waals surface area contributed by atoms with E-state index >= 15 is 0 Å². The van der Waals surface area contributed by atoms with Gasteiger partial charge in [-0.1, -0.05) is 12.1 Å². The molecule has 0 radical (unpaired) electrons. The maximum Gasteiger partial charge on any atom is 0.253 e. The number of rotatable bonds is 6. The van der Waals surface area contributed by atoms with Crippen LogP contribution in [0, 0.1) is 0 Å². The number of hydrogen-bond acceptors (Lipinski definition) is 3. The van der Waals surface area contributed by atoms with Gasteiger partial charge in [0.1, 0.15) is 6.61 Å². The molecule has 1 aliphatic rings. The third-order valence-electron chi connectivity index (χ3n) is 2.91. The molecule has 0 bridgehead atoms. The van der Waals surface area contributed by atoms with Crippen molar-refractivity contribution < 1.29 is 14.3 Å². The van der Waals surface area contributed by atoms with Gasteiger partial charge in [0.2, 0.25) is 5.91 Å². The molecule has 1 aliphatic carbocycles. The molecule has 0 spiro atoms. The van der Waals surface area contributed by atoms with Crippen molar-refractivity contribution >= 4 is 17.5 Å². The average Bonchev–Trinajstić information content (AvgIpc) is 3.21. The van der Waals surface area contributed by atoms with Crippen molar-refractivity contribution in [2.45, 2.75) is 38.8 Å². The zero-order chi connectivity index (χ0) is 14.5. The fourth-order valence-electron chi connectivity index (χ4n) is 1.71. The number of anilines is 1. The van der Waals surface area contributed by atoms with Gasteiger partial charge in [-0.25, -0.2) is 0 Å². The summed E-state index contributed by atoms with van der Waals surface area (Å²) in [4.78, 5) is 23.8. The number of para-hydroxylation sites is 1. The van der Waals surface area contributed by atoms with Crippen LogP contribution in [-0.4, -0.2) is 30.6 Å². The second kappa shape index (κ2) is 6.52. The summed E-state index contributed by atoms with van der Waals surface area (Å²) in [5.41, 5.74) is 1.00. The van der Waals surface area contributed by atoms with E-state index in [1.165, 1.54) is 0 Å². The van der Waals surface area contributed by atoms with E-state index in [4.69, 9.17) is 4.74 Å². The fraction of sp³-hybridized carbons (Fsp3) is 0.467. The molecule has 0 aromatic heterocycles. The Morgan fingerprint density at radius 2 is 2.00 bits per heavy atom. The van der Waals surface area contributed by atoms with Crippen molar-refractivity contribution in [2.75, 3.05) is 11.9 Å². The van der Waals surface area contributed by atoms with Crippen molar-refractivity contribution in [1.29, 1.82) is 0 Å². The van der Waals surface area contributed by atoms with E-state index in [0.717, 1.165) is 12.8 Å². The number of benzene rings is 1. The molecule has 0 aliphatic heterocycles. The van der Waals surface area contributed by atoms with Gasteiger partial charge in [-0.05, 0) is 38.8 Å². The Labute approximate surface area is 118 Å². The lowest BCUT2D eigenvalue weighted by Crippen LogP contribution is -2.27. The Bertz CT molecular complexity index is 496. The van der Waals surface area contributed by atoms with Crippen LogP contribution in [0.4, 0.5) is 5.69 Å². The van der Waals surface area contributed by atoms with E-state index in [2.05, 4.69) is 10.6 Å². The SMILES string of the molecule is CC(C)OCC(=O)Nc1ccccc1C(=O)NC1CC1. The lowest BCUT2D eigenvalue weighted by Gasteiger charge is -2.12. The molecule has 0 heterocycles. The molecule has 2 N–H and O–H groups in total. The van der Waals surface area contributed by atoms with Gasteiger partial charge in [-0.15, -0.1) is 0 Å². The Balaban J connectivity index is 1.99. The van der Waals surface area contributed by atoms with Gasteiger partial charge >= 0.3 is 0 Å². The van der Waals surface area contributed by atoms with Crippen LogP contribution < -0.4 is 10.6 Å². The normalized spacial score (nSPS) is 14.2. The standard InChI is InChI=1S/C15H20N2O3/c1-10(2)20-9-14(18)17-13-6-4-3-5-12(13)15(19)16-11-7-8-11/h3-6,10-11H,7-9H2,1-2H3,(H,16,19)(H,17,18). The first-order valence-corrected chi connectivity index (χ1v) is 6.87. The highest BCUT2D eigenvalue weighted by molar-refractivity contribution is 6.04. The Morgan fingerprint density at radius 3 is 2.65 bits per heavy atom. The van der Waals surface area contributed by atoms with E-state index in [1.807, 2.05) is 13.8 Å². The summed E-state index contributed by atoms with van der Waals surface area (Å²) in [6.45, 7) is 3.71. The smallest absolute Gasteiger partial charge is 0.253 e. The molecule has 1 aromatic rings. The van der Waals surface area contributed by atoms with Crippen LogP contribution in [0.2, 0.25) is 0 Å². The first-order chi connectivity index (χ1) is 9.56. The van der Waals surface area contributed by atoms with Crippen LogP contribution in [0.3, 0.4) is 0 Å². The molecule has 2 rings (SSSR count). The highest BCUT2D eigenvalue weighted by Crippen LogP contribution is 2.21. The van der Waals surface area contributed by atoms with Crippen molar-refractivity contribution in [2.24, 2.45) is 0 Å². The first kappa shape index (κ1) is 14.5. The zero-order valence-corrected chi connectivity index (χ0v) is 11.8. The highest BCUT2D eigenvalue weighted by atomic mass is 16.5. The van der Waals surface area contributed by atoms with Gasteiger partial charge in [0.15, 0.2) is 0 Å². The summed E-state index contributed by atoms with van der Waals surface area (Å²) in [5.74, 6) is -0.404. The molecule has 5 nitrogen and oxygen atoms in total. The van der Waals surface area contributed by atoms with Gasteiger partial charge in [0.05, 0.1) is 17.4 Å². The lowest BCUT2D eigenvalue weighted by atomic mass is 10.1. The van der Waals surface area contributed by atoms with Crippen LogP contribution in [0.5, 0.6) is 0 Å². The number of carbonyl (C=O) groups is 2. The van der Waals surface area contributed by atoms with Gasteiger partial charge in [0, 0.05) is 6.04 Å². The lowest BCUT2D eigenvalue weighted by molar-refractivity contribution is -0.121. The van der Waals surface area contributed by atoms with Crippen LogP contribution in [0.25, 0.3) is 0 Å². The highest BCUT2D eigenvalue weighted by Gasteiger charge is 2.24. The summed E-state index contributed by atoms with van der Waals surface area (Å²) < 4.78 is 5.24. The minimum absolute atomic E-state index is 0.00541. The molecular formula is C15H20N2O3. The summed E-state index contributed by atoms with van der Waals surface area (Å²) in [6, 6.07) is 7.27. The number of carbonyl (C=O) groups excluding carboxylic acids is 2. The van der Waals surface area contributed by atoms with E-state index in [-0.39, 0.29) is 30.6 Å². The maximum atomic E-state index is 12.1. The van der Waals surface area contributed by atoms with Gasteiger partial charge in [-0.2, -0.15) is 0 Å². The predicted octanol–water partition coefficient (Wildman–Crippen LogP) is 1.94.